The second kappa shape index (κ2) is 7.81. The summed E-state index contributed by atoms with van der Waals surface area (Å²) in [5, 5.41) is 10.8. The predicted molar refractivity (Wildman–Crippen MR) is 82.1 cm³/mol. The molecule has 0 radical (unpaired) electrons. The van der Waals surface area contributed by atoms with E-state index in [-0.39, 0.29) is 31.7 Å². The minimum Gasteiger partial charge on any atom is -0.270 e. The third kappa shape index (κ3) is 8.02. The maximum Gasteiger partial charge on any atom is 0.269 e. The van der Waals surface area contributed by atoms with Crippen molar-refractivity contribution in [3.8, 4) is 0 Å². The van der Waals surface area contributed by atoms with Gasteiger partial charge in [0, 0.05) is 12.1 Å². The molecule has 0 fully saturated rings. The summed E-state index contributed by atoms with van der Waals surface area (Å²) in [6.07, 6.45) is 2.16. The molecule has 0 unspecified atom stereocenters. The number of nitro groups is 1. The van der Waals surface area contributed by atoms with Crippen molar-refractivity contribution in [2.75, 3.05) is 25.7 Å². The van der Waals surface area contributed by atoms with Gasteiger partial charge in [-0.25, -0.2) is 0 Å². The minimum atomic E-state index is -3.61. The number of non-ortho nitro benzene ring substituents is 1. The van der Waals surface area contributed by atoms with Gasteiger partial charge in [-0.15, -0.1) is 0 Å². The molecular weight excluding hydrogens is 350 g/mol. The zero-order valence-electron chi connectivity index (χ0n) is 12.6. The Balaban J connectivity index is 2.88. The molecule has 9 nitrogen and oxygen atoms in total. The molecule has 1 rings (SSSR count). The summed E-state index contributed by atoms with van der Waals surface area (Å²) in [4.78, 5) is 10.2. The van der Waals surface area contributed by atoms with Gasteiger partial charge in [0.2, 0.25) is 0 Å². The van der Waals surface area contributed by atoms with E-state index in [0.29, 0.717) is 11.1 Å². The van der Waals surface area contributed by atoms with Crippen LogP contribution in [0.4, 0.5) is 5.69 Å². The van der Waals surface area contributed by atoms with Crippen molar-refractivity contribution in [1.29, 1.82) is 0 Å². The van der Waals surface area contributed by atoms with Crippen LogP contribution in [0.2, 0.25) is 0 Å². The molecule has 0 amide bonds. The van der Waals surface area contributed by atoms with Crippen molar-refractivity contribution in [2.45, 2.75) is 12.8 Å². The summed E-state index contributed by atoms with van der Waals surface area (Å²) in [5.74, 6) is 0. The summed E-state index contributed by atoms with van der Waals surface area (Å²) >= 11 is 0. The van der Waals surface area contributed by atoms with Gasteiger partial charge >= 0.3 is 0 Å². The van der Waals surface area contributed by atoms with Gasteiger partial charge in [0.1, 0.15) is 0 Å². The largest absolute Gasteiger partial charge is 0.270 e. The van der Waals surface area contributed by atoms with Gasteiger partial charge < -0.3 is 0 Å². The van der Waals surface area contributed by atoms with Crippen molar-refractivity contribution in [3.63, 3.8) is 0 Å². The molecule has 11 heteroatoms. The van der Waals surface area contributed by atoms with E-state index in [4.69, 9.17) is 0 Å². The van der Waals surface area contributed by atoms with Gasteiger partial charge in [0.05, 0.1) is 30.6 Å². The van der Waals surface area contributed by atoms with Crippen LogP contribution in [0, 0.1) is 10.1 Å². The molecular formula is C12H17NO8S2. The molecule has 0 aromatic heterocycles. The average Bonchev–Trinajstić information content (AvgIpc) is 2.37. The summed E-state index contributed by atoms with van der Waals surface area (Å²) in [7, 11) is -7.19. The van der Waals surface area contributed by atoms with Crippen molar-refractivity contribution in [2.24, 2.45) is 0 Å². The minimum absolute atomic E-state index is 0.115. The molecule has 1 aromatic carbocycles. The lowest BCUT2D eigenvalue weighted by atomic mass is 10.0. The van der Waals surface area contributed by atoms with E-state index in [1.54, 1.807) is 0 Å². The number of nitro benzene ring substituents is 1. The van der Waals surface area contributed by atoms with E-state index in [0.717, 1.165) is 12.5 Å². The third-order valence-corrected chi connectivity index (χ3v) is 3.93. The Kier molecular flexibility index (Phi) is 6.62. The van der Waals surface area contributed by atoms with Crippen LogP contribution >= 0.6 is 0 Å². The molecule has 0 aliphatic heterocycles. The zero-order valence-corrected chi connectivity index (χ0v) is 14.2. The quantitative estimate of drug-likeness (QED) is 0.353. The lowest BCUT2D eigenvalue weighted by molar-refractivity contribution is -0.384. The maximum absolute atomic E-state index is 10.9. The normalized spacial score (nSPS) is 12.3. The molecule has 0 heterocycles. The summed E-state index contributed by atoms with van der Waals surface area (Å²) in [6, 6.07) is 4.08. The smallest absolute Gasteiger partial charge is 0.269 e. The van der Waals surface area contributed by atoms with Gasteiger partial charge in [-0.05, 0) is 24.0 Å². The van der Waals surface area contributed by atoms with Crippen molar-refractivity contribution < 1.29 is 30.1 Å². The first kappa shape index (κ1) is 19.5. The lowest BCUT2D eigenvalue weighted by Gasteiger charge is -2.09. The van der Waals surface area contributed by atoms with E-state index in [9.17, 15) is 26.9 Å². The molecule has 0 atom stereocenters. The van der Waals surface area contributed by atoms with Gasteiger partial charge in [-0.3, -0.25) is 18.5 Å². The van der Waals surface area contributed by atoms with Crippen LogP contribution in [0.1, 0.15) is 11.1 Å². The van der Waals surface area contributed by atoms with Gasteiger partial charge in [-0.1, -0.05) is 6.07 Å². The molecule has 0 aliphatic carbocycles. The first-order valence-corrected chi connectivity index (χ1v) is 10.1. The third-order valence-electron chi connectivity index (χ3n) is 2.74. The van der Waals surface area contributed by atoms with Crippen molar-refractivity contribution in [1.82, 2.24) is 0 Å². The van der Waals surface area contributed by atoms with Crippen LogP contribution in [0.25, 0.3) is 0 Å². The van der Waals surface area contributed by atoms with Crippen LogP contribution in [0.5, 0.6) is 0 Å². The molecule has 0 saturated carbocycles. The molecule has 0 spiro atoms. The fraction of sp³-hybridized carbons (Fsp3) is 0.500. The highest BCUT2D eigenvalue weighted by Crippen LogP contribution is 2.19. The monoisotopic (exact) mass is 367 g/mol. The van der Waals surface area contributed by atoms with E-state index in [1.165, 1.54) is 18.2 Å². The SMILES string of the molecule is CS(=O)(=O)OCCc1ccc([N+](=O)[O-])cc1CCOS(C)(=O)=O. The Morgan fingerprint density at radius 3 is 1.87 bits per heavy atom. The maximum atomic E-state index is 10.9. The lowest BCUT2D eigenvalue weighted by Crippen LogP contribution is -2.10. The molecule has 0 aliphatic rings. The Bertz CT molecular complexity index is 770. The highest BCUT2D eigenvalue weighted by molar-refractivity contribution is 7.86. The molecule has 1 aromatic rings. The van der Waals surface area contributed by atoms with Crippen LogP contribution < -0.4 is 0 Å². The fourth-order valence-corrected chi connectivity index (χ4v) is 2.58. The van der Waals surface area contributed by atoms with Gasteiger partial charge in [-0.2, -0.15) is 16.8 Å². The molecule has 23 heavy (non-hydrogen) atoms. The number of rotatable bonds is 9. The van der Waals surface area contributed by atoms with Crippen molar-refractivity contribution >= 4 is 25.9 Å². The highest BCUT2D eigenvalue weighted by Gasteiger charge is 2.13. The Labute approximate surface area is 134 Å². The summed E-state index contributed by atoms with van der Waals surface area (Å²) < 4.78 is 53.0. The second-order valence-corrected chi connectivity index (χ2v) is 8.05. The van der Waals surface area contributed by atoms with Gasteiger partial charge in [0.15, 0.2) is 0 Å². The van der Waals surface area contributed by atoms with Crippen LogP contribution in [-0.4, -0.2) is 47.5 Å². The van der Waals surface area contributed by atoms with Crippen LogP contribution in [-0.2, 0) is 41.4 Å². The van der Waals surface area contributed by atoms with E-state index in [1.807, 2.05) is 0 Å². The number of benzene rings is 1. The molecule has 130 valence electrons. The Hall–Kier alpha value is -1.56. The van der Waals surface area contributed by atoms with Crippen LogP contribution in [0.15, 0.2) is 18.2 Å². The van der Waals surface area contributed by atoms with E-state index in [2.05, 4.69) is 8.37 Å². The van der Waals surface area contributed by atoms with E-state index < -0.39 is 25.2 Å². The number of hydrogen-bond acceptors (Lipinski definition) is 8. The first-order chi connectivity index (χ1) is 10.5. The molecule has 0 N–H and O–H groups in total. The van der Waals surface area contributed by atoms with Crippen LogP contribution in [0.3, 0.4) is 0 Å². The van der Waals surface area contributed by atoms with E-state index >= 15 is 0 Å². The van der Waals surface area contributed by atoms with Gasteiger partial charge in [0.25, 0.3) is 25.9 Å². The Morgan fingerprint density at radius 2 is 1.43 bits per heavy atom. The second-order valence-electron chi connectivity index (χ2n) is 4.76. The fourth-order valence-electron chi connectivity index (χ4n) is 1.81. The Morgan fingerprint density at radius 1 is 0.957 bits per heavy atom. The first-order valence-electron chi connectivity index (χ1n) is 6.43. The summed E-state index contributed by atoms with van der Waals surface area (Å²) in [6.45, 7) is -0.281. The summed E-state index contributed by atoms with van der Waals surface area (Å²) in [5.41, 5.74) is 0.975. The average molecular weight is 367 g/mol. The molecule has 0 saturated heterocycles. The topological polar surface area (TPSA) is 130 Å². The highest BCUT2D eigenvalue weighted by atomic mass is 32.2. The van der Waals surface area contributed by atoms with Crippen molar-refractivity contribution in [3.05, 3.63) is 39.4 Å². The predicted octanol–water partition coefficient (Wildman–Crippen LogP) is 0.632. The number of hydrogen-bond donors (Lipinski definition) is 0. The molecule has 0 bridgehead atoms. The zero-order chi connectivity index (χ0) is 17.7. The standard InChI is InChI=1S/C12H17NO8S2/c1-22(16,17)20-7-5-10-3-4-12(13(14)15)9-11(10)6-8-21-23(2,18)19/h3-4,9H,5-8H2,1-2H3. The number of nitrogens with zero attached hydrogens (tertiary/aromatic N) is 1.